The number of carbonyl (C=O) groups excluding carboxylic acids is 1. The number of hydrogen-bond acceptors (Lipinski definition) is 3. The van der Waals surface area contributed by atoms with Crippen LogP contribution in [0, 0.1) is 0 Å². The maximum Gasteiger partial charge on any atom is 0.225 e. The summed E-state index contributed by atoms with van der Waals surface area (Å²) in [5.41, 5.74) is 2.00. The number of nitrogens with zero attached hydrogens (tertiary/aromatic N) is 2. The first-order valence-electron chi connectivity index (χ1n) is 5.95. The van der Waals surface area contributed by atoms with Crippen molar-refractivity contribution >= 4 is 22.6 Å². The van der Waals surface area contributed by atoms with E-state index in [2.05, 4.69) is 11.1 Å². The summed E-state index contributed by atoms with van der Waals surface area (Å²) in [6, 6.07) is 7.93. The summed E-state index contributed by atoms with van der Waals surface area (Å²) in [5, 5.41) is 1.08. The second-order valence-electron chi connectivity index (χ2n) is 4.45. The van der Waals surface area contributed by atoms with Gasteiger partial charge in [0, 0.05) is 24.9 Å². The lowest BCUT2D eigenvalue weighted by Crippen LogP contribution is -2.26. The average molecular weight is 242 g/mol. The van der Waals surface area contributed by atoms with Gasteiger partial charge in [-0.1, -0.05) is 0 Å². The van der Waals surface area contributed by atoms with Gasteiger partial charge in [-0.25, -0.2) is 4.98 Å². The molecule has 1 aromatic heterocycles. The van der Waals surface area contributed by atoms with Crippen LogP contribution < -0.4 is 9.64 Å². The molecule has 1 aliphatic rings. The lowest BCUT2D eigenvalue weighted by atomic mass is 10.1. The summed E-state index contributed by atoms with van der Waals surface area (Å²) >= 11 is 0. The molecule has 0 N–H and O–H groups in total. The average Bonchev–Trinajstić information content (AvgIpc) is 2.78. The number of hydrogen-bond donors (Lipinski definition) is 0. The molecule has 1 aliphatic heterocycles. The van der Waals surface area contributed by atoms with Crippen LogP contribution in [0.3, 0.4) is 0 Å². The summed E-state index contributed by atoms with van der Waals surface area (Å²) in [6.07, 6.45) is 0.879. The molecule has 0 spiro atoms. The third kappa shape index (κ3) is 1.61. The van der Waals surface area contributed by atoms with E-state index in [0.29, 0.717) is 0 Å². The number of pyridine rings is 1. The number of ether oxygens (including phenoxy) is 1. The molecule has 2 aromatic rings. The molecular weight excluding hydrogens is 228 g/mol. The van der Waals surface area contributed by atoms with Crippen LogP contribution in [0.15, 0.2) is 24.3 Å². The molecular formula is C14H14N2O2. The highest BCUT2D eigenvalue weighted by Gasteiger charge is 2.24. The summed E-state index contributed by atoms with van der Waals surface area (Å²) in [5.74, 6) is 1.62. The first-order chi connectivity index (χ1) is 8.69. The normalized spacial score (nSPS) is 13.8. The zero-order valence-corrected chi connectivity index (χ0v) is 10.4. The Labute approximate surface area is 105 Å². The number of rotatable bonds is 1. The van der Waals surface area contributed by atoms with Crippen LogP contribution in [0.5, 0.6) is 5.75 Å². The Balaban J connectivity index is 2.18. The van der Waals surface area contributed by atoms with Gasteiger partial charge in [0.15, 0.2) is 0 Å². The van der Waals surface area contributed by atoms with Crippen molar-refractivity contribution in [3.05, 3.63) is 29.8 Å². The van der Waals surface area contributed by atoms with Crippen LogP contribution in [-0.4, -0.2) is 24.5 Å². The molecule has 4 nitrogen and oxygen atoms in total. The van der Waals surface area contributed by atoms with E-state index in [-0.39, 0.29) is 5.91 Å². The van der Waals surface area contributed by atoms with Crippen molar-refractivity contribution in [1.29, 1.82) is 0 Å². The quantitative estimate of drug-likeness (QED) is 0.769. The standard InChI is InChI=1S/C14H14N2O2/c1-9(17)16-6-5-11-7-10-3-4-12(18-2)8-13(10)15-14(11)16/h3-4,7-8H,5-6H2,1-2H3. The second-order valence-corrected chi connectivity index (χ2v) is 4.45. The van der Waals surface area contributed by atoms with E-state index in [1.807, 2.05) is 18.2 Å². The zero-order valence-electron chi connectivity index (χ0n) is 10.4. The van der Waals surface area contributed by atoms with Crippen LogP contribution in [0.1, 0.15) is 12.5 Å². The van der Waals surface area contributed by atoms with Crippen molar-refractivity contribution in [3.8, 4) is 5.75 Å². The van der Waals surface area contributed by atoms with E-state index < -0.39 is 0 Å². The Morgan fingerprint density at radius 3 is 2.94 bits per heavy atom. The molecule has 0 atom stereocenters. The van der Waals surface area contributed by atoms with Crippen molar-refractivity contribution in [2.24, 2.45) is 0 Å². The largest absolute Gasteiger partial charge is 0.497 e. The molecule has 2 heterocycles. The van der Waals surface area contributed by atoms with E-state index in [4.69, 9.17) is 4.74 Å². The highest BCUT2D eigenvalue weighted by atomic mass is 16.5. The summed E-state index contributed by atoms with van der Waals surface area (Å²) in [4.78, 5) is 17.9. The molecule has 1 amide bonds. The molecule has 0 saturated carbocycles. The predicted octanol–water partition coefficient (Wildman–Crippen LogP) is 2.15. The molecule has 0 aliphatic carbocycles. The fourth-order valence-corrected chi connectivity index (χ4v) is 2.37. The molecule has 0 bridgehead atoms. The molecule has 3 rings (SSSR count). The number of benzene rings is 1. The summed E-state index contributed by atoms with van der Waals surface area (Å²) in [6.45, 7) is 2.30. The van der Waals surface area contributed by atoms with Gasteiger partial charge >= 0.3 is 0 Å². The monoisotopic (exact) mass is 242 g/mol. The van der Waals surface area contributed by atoms with Crippen LogP contribution in [-0.2, 0) is 11.2 Å². The Hall–Kier alpha value is -2.10. The topological polar surface area (TPSA) is 42.4 Å². The van der Waals surface area contributed by atoms with Crippen LogP contribution in [0.2, 0.25) is 0 Å². The number of carbonyl (C=O) groups is 1. The van der Waals surface area contributed by atoms with E-state index >= 15 is 0 Å². The third-order valence-corrected chi connectivity index (χ3v) is 3.32. The highest BCUT2D eigenvalue weighted by Crippen LogP contribution is 2.30. The van der Waals surface area contributed by atoms with Gasteiger partial charge in [-0.15, -0.1) is 0 Å². The van der Waals surface area contributed by atoms with Crippen molar-refractivity contribution in [1.82, 2.24) is 4.98 Å². The predicted molar refractivity (Wildman–Crippen MR) is 70.0 cm³/mol. The Morgan fingerprint density at radius 2 is 2.22 bits per heavy atom. The van der Waals surface area contributed by atoms with Crippen LogP contribution >= 0.6 is 0 Å². The molecule has 0 unspecified atom stereocenters. The van der Waals surface area contributed by atoms with Gasteiger partial charge in [0.2, 0.25) is 5.91 Å². The minimum atomic E-state index is 0.0449. The minimum Gasteiger partial charge on any atom is -0.497 e. The molecule has 0 fully saturated rings. The first-order valence-corrected chi connectivity index (χ1v) is 5.95. The van der Waals surface area contributed by atoms with Gasteiger partial charge in [0.05, 0.1) is 12.6 Å². The number of methoxy groups -OCH3 is 1. The molecule has 0 radical (unpaired) electrons. The number of aromatic nitrogens is 1. The van der Waals surface area contributed by atoms with Crippen LogP contribution in [0.4, 0.5) is 5.82 Å². The van der Waals surface area contributed by atoms with Gasteiger partial charge in [-0.2, -0.15) is 0 Å². The van der Waals surface area contributed by atoms with Gasteiger partial charge in [-0.05, 0) is 30.2 Å². The number of amides is 1. The second kappa shape index (κ2) is 3.98. The molecule has 92 valence electrons. The first kappa shape index (κ1) is 11.0. The highest BCUT2D eigenvalue weighted by molar-refractivity contribution is 5.95. The molecule has 0 saturated heterocycles. The van der Waals surface area contributed by atoms with Crippen molar-refractivity contribution in [3.63, 3.8) is 0 Å². The van der Waals surface area contributed by atoms with E-state index in [1.54, 1.807) is 18.9 Å². The Kier molecular flexibility index (Phi) is 2.44. The Morgan fingerprint density at radius 1 is 1.39 bits per heavy atom. The van der Waals surface area contributed by atoms with E-state index in [1.165, 1.54) is 0 Å². The lowest BCUT2D eigenvalue weighted by Gasteiger charge is -2.14. The number of fused-ring (bicyclic) bond motifs is 2. The van der Waals surface area contributed by atoms with Gasteiger partial charge < -0.3 is 4.74 Å². The lowest BCUT2D eigenvalue weighted by molar-refractivity contribution is -0.116. The summed E-state index contributed by atoms with van der Waals surface area (Å²) in [7, 11) is 1.64. The third-order valence-electron chi connectivity index (χ3n) is 3.32. The van der Waals surface area contributed by atoms with Gasteiger partial charge in [-0.3, -0.25) is 9.69 Å². The molecule has 1 aromatic carbocycles. The SMILES string of the molecule is COc1ccc2cc3c(nc2c1)N(C(C)=O)CC3. The minimum absolute atomic E-state index is 0.0449. The maximum atomic E-state index is 11.5. The van der Waals surface area contributed by atoms with Gasteiger partial charge in [0.1, 0.15) is 11.6 Å². The number of anilines is 1. The fraction of sp³-hybridized carbons (Fsp3) is 0.286. The van der Waals surface area contributed by atoms with Gasteiger partial charge in [0.25, 0.3) is 0 Å². The summed E-state index contributed by atoms with van der Waals surface area (Å²) < 4.78 is 5.20. The smallest absolute Gasteiger partial charge is 0.225 e. The fourth-order valence-electron chi connectivity index (χ4n) is 2.37. The van der Waals surface area contributed by atoms with Crippen molar-refractivity contribution in [2.75, 3.05) is 18.6 Å². The van der Waals surface area contributed by atoms with Crippen molar-refractivity contribution in [2.45, 2.75) is 13.3 Å². The molecule has 18 heavy (non-hydrogen) atoms. The Bertz CT molecular complexity index is 637. The maximum absolute atomic E-state index is 11.5. The van der Waals surface area contributed by atoms with Crippen LogP contribution in [0.25, 0.3) is 10.9 Å². The van der Waals surface area contributed by atoms with E-state index in [0.717, 1.165) is 41.0 Å². The zero-order chi connectivity index (χ0) is 12.7. The van der Waals surface area contributed by atoms with Crippen molar-refractivity contribution < 1.29 is 9.53 Å². The molecule has 4 heteroatoms. The van der Waals surface area contributed by atoms with E-state index in [9.17, 15) is 4.79 Å².